The summed E-state index contributed by atoms with van der Waals surface area (Å²) in [6.07, 6.45) is 7.79. The standard InChI is InChI=1S/C14H17N/c1-14(2)10-6-9-13(11-14)15-12-7-4-3-5-8-12/h3-9,11,15H,10H2,1-2H3. The second-order valence-electron chi connectivity index (χ2n) is 4.69. The van der Waals surface area contributed by atoms with Crippen LogP contribution in [0.5, 0.6) is 0 Å². The average Bonchev–Trinajstić information content (AvgIpc) is 2.17. The van der Waals surface area contributed by atoms with E-state index < -0.39 is 0 Å². The van der Waals surface area contributed by atoms with Crippen molar-refractivity contribution in [1.82, 2.24) is 0 Å². The first-order valence-corrected chi connectivity index (χ1v) is 5.37. The summed E-state index contributed by atoms with van der Waals surface area (Å²) in [6.45, 7) is 4.51. The molecule has 0 aromatic heterocycles. The van der Waals surface area contributed by atoms with Crippen LogP contribution in [0.3, 0.4) is 0 Å². The zero-order valence-electron chi connectivity index (χ0n) is 9.33. The molecule has 0 saturated carbocycles. The number of rotatable bonds is 2. The molecule has 1 nitrogen and oxygen atoms in total. The molecule has 1 N–H and O–H groups in total. The normalized spacial score (nSPS) is 18.4. The van der Waals surface area contributed by atoms with Crippen molar-refractivity contribution in [2.75, 3.05) is 5.32 Å². The van der Waals surface area contributed by atoms with Crippen LogP contribution in [0.2, 0.25) is 0 Å². The number of para-hydroxylation sites is 1. The lowest BCUT2D eigenvalue weighted by molar-refractivity contribution is 0.481. The second-order valence-corrected chi connectivity index (χ2v) is 4.69. The molecule has 2 rings (SSSR count). The van der Waals surface area contributed by atoms with Crippen molar-refractivity contribution in [3.8, 4) is 0 Å². The third-order valence-corrected chi connectivity index (χ3v) is 2.55. The minimum atomic E-state index is 0.270. The summed E-state index contributed by atoms with van der Waals surface area (Å²) in [4.78, 5) is 0. The van der Waals surface area contributed by atoms with E-state index in [4.69, 9.17) is 0 Å². The quantitative estimate of drug-likeness (QED) is 0.760. The van der Waals surface area contributed by atoms with Gasteiger partial charge in [0.2, 0.25) is 0 Å². The molecule has 1 aliphatic carbocycles. The van der Waals surface area contributed by atoms with E-state index in [1.807, 2.05) is 18.2 Å². The molecule has 0 radical (unpaired) electrons. The van der Waals surface area contributed by atoms with Crippen molar-refractivity contribution in [2.45, 2.75) is 20.3 Å². The molecule has 1 aliphatic rings. The number of benzene rings is 1. The minimum Gasteiger partial charge on any atom is -0.356 e. The first-order valence-electron chi connectivity index (χ1n) is 5.37. The number of hydrogen-bond acceptors (Lipinski definition) is 1. The fraction of sp³-hybridized carbons (Fsp3) is 0.286. The van der Waals surface area contributed by atoms with Crippen molar-refractivity contribution < 1.29 is 0 Å². The van der Waals surface area contributed by atoms with Gasteiger partial charge in [0, 0.05) is 11.4 Å². The number of hydrogen-bond donors (Lipinski definition) is 1. The molecule has 1 heteroatoms. The van der Waals surface area contributed by atoms with E-state index in [0.29, 0.717) is 0 Å². The van der Waals surface area contributed by atoms with E-state index in [-0.39, 0.29) is 5.41 Å². The number of nitrogens with one attached hydrogen (secondary N) is 1. The molecule has 0 heterocycles. The summed E-state index contributed by atoms with van der Waals surface area (Å²) in [7, 11) is 0. The zero-order chi connectivity index (χ0) is 10.7. The Morgan fingerprint density at radius 2 is 1.87 bits per heavy atom. The molecular weight excluding hydrogens is 182 g/mol. The van der Waals surface area contributed by atoms with Crippen LogP contribution in [0.15, 0.2) is 54.3 Å². The molecule has 0 spiro atoms. The predicted octanol–water partition coefficient (Wildman–Crippen LogP) is 3.97. The Kier molecular flexibility index (Phi) is 2.63. The highest BCUT2D eigenvalue weighted by atomic mass is 14.9. The molecule has 0 aliphatic heterocycles. The summed E-state index contributed by atoms with van der Waals surface area (Å²) in [5.41, 5.74) is 2.61. The Morgan fingerprint density at radius 3 is 2.53 bits per heavy atom. The first kappa shape index (κ1) is 10.0. The van der Waals surface area contributed by atoms with Crippen LogP contribution in [-0.4, -0.2) is 0 Å². The second kappa shape index (κ2) is 3.93. The molecule has 15 heavy (non-hydrogen) atoms. The summed E-state index contributed by atoms with van der Waals surface area (Å²) in [5.74, 6) is 0. The van der Waals surface area contributed by atoms with Crippen LogP contribution in [0, 0.1) is 5.41 Å². The maximum Gasteiger partial charge on any atom is 0.0384 e. The fourth-order valence-electron chi connectivity index (χ4n) is 1.78. The molecule has 0 amide bonds. The Hall–Kier alpha value is -1.50. The van der Waals surface area contributed by atoms with Crippen molar-refractivity contribution >= 4 is 5.69 Å². The number of allylic oxidation sites excluding steroid dienone is 3. The third kappa shape index (κ3) is 2.72. The van der Waals surface area contributed by atoms with Gasteiger partial charge in [0.05, 0.1) is 0 Å². The lowest BCUT2D eigenvalue weighted by Crippen LogP contribution is -2.12. The van der Waals surface area contributed by atoms with E-state index >= 15 is 0 Å². The average molecular weight is 199 g/mol. The monoisotopic (exact) mass is 199 g/mol. The Morgan fingerprint density at radius 1 is 1.13 bits per heavy atom. The van der Waals surface area contributed by atoms with Gasteiger partial charge in [-0.2, -0.15) is 0 Å². The summed E-state index contributed by atoms with van der Waals surface area (Å²) < 4.78 is 0. The molecule has 0 saturated heterocycles. The smallest absolute Gasteiger partial charge is 0.0384 e. The Balaban J connectivity index is 2.13. The minimum absolute atomic E-state index is 0.270. The SMILES string of the molecule is CC1(C)C=C(Nc2ccccc2)C=CC1. The van der Waals surface area contributed by atoms with Crippen LogP contribution in [0.25, 0.3) is 0 Å². The number of anilines is 1. The highest BCUT2D eigenvalue weighted by molar-refractivity contribution is 5.51. The predicted molar refractivity (Wildman–Crippen MR) is 65.7 cm³/mol. The molecular formula is C14H17N. The van der Waals surface area contributed by atoms with Gasteiger partial charge < -0.3 is 5.32 Å². The summed E-state index contributed by atoms with van der Waals surface area (Å²) in [5, 5.41) is 3.41. The van der Waals surface area contributed by atoms with Gasteiger partial charge in [-0.15, -0.1) is 0 Å². The van der Waals surface area contributed by atoms with E-state index in [0.717, 1.165) is 12.1 Å². The highest BCUT2D eigenvalue weighted by Gasteiger charge is 2.16. The zero-order valence-corrected chi connectivity index (χ0v) is 9.33. The van der Waals surface area contributed by atoms with Gasteiger partial charge in [0.25, 0.3) is 0 Å². The van der Waals surface area contributed by atoms with Crippen LogP contribution >= 0.6 is 0 Å². The van der Waals surface area contributed by atoms with Gasteiger partial charge in [-0.1, -0.05) is 44.2 Å². The van der Waals surface area contributed by atoms with Crippen molar-refractivity contribution in [3.05, 3.63) is 54.3 Å². The van der Waals surface area contributed by atoms with Gasteiger partial charge in [-0.25, -0.2) is 0 Å². The molecule has 78 valence electrons. The van der Waals surface area contributed by atoms with Gasteiger partial charge in [-0.05, 0) is 30.0 Å². The van der Waals surface area contributed by atoms with E-state index in [2.05, 4.69) is 49.5 Å². The van der Waals surface area contributed by atoms with Crippen molar-refractivity contribution in [1.29, 1.82) is 0 Å². The van der Waals surface area contributed by atoms with Gasteiger partial charge in [-0.3, -0.25) is 0 Å². The van der Waals surface area contributed by atoms with Crippen LogP contribution < -0.4 is 5.32 Å². The summed E-state index contributed by atoms with van der Waals surface area (Å²) in [6, 6.07) is 10.3. The Labute approximate surface area is 91.5 Å². The van der Waals surface area contributed by atoms with E-state index in [1.54, 1.807) is 0 Å². The summed E-state index contributed by atoms with van der Waals surface area (Å²) >= 11 is 0. The van der Waals surface area contributed by atoms with Crippen LogP contribution in [-0.2, 0) is 0 Å². The lowest BCUT2D eigenvalue weighted by atomic mass is 9.85. The van der Waals surface area contributed by atoms with Crippen LogP contribution in [0.1, 0.15) is 20.3 Å². The van der Waals surface area contributed by atoms with E-state index in [9.17, 15) is 0 Å². The maximum absolute atomic E-state index is 3.41. The maximum atomic E-state index is 3.41. The molecule has 0 bridgehead atoms. The van der Waals surface area contributed by atoms with Gasteiger partial charge in [0.15, 0.2) is 0 Å². The van der Waals surface area contributed by atoms with Gasteiger partial charge >= 0.3 is 0 Å². The van der Waals surface area contributed by atoms with Crippen molar-refractivity contribution in [3.63, 3.8) is 0 Å². The topological polar surface area (TPSA) is 12.0 Å². The van der Waals surface area contributed by atoms with Gasteiger partial charge in [0.1, 0.15) is 0 Å². The largest absolute Gasteiger partial charge is 0.356 e. The molecule has 1 aromatic carbocycles. The van der Waals surface area contributed by atoms with E-state index in [1.165, 1.54) is 5.70 Å². The first-order chi connectivity index (χ1) is 7.16. The molecule has 0 atom stereocenters. The van der Waals surface area contributed by atoms with Crippen LogP contribution in [0.4, 0.5) is 5.69 Å². The lowest BCUT2D eigenvalue weighted by Gasteiger charge is -2.23. The highest BCUT2D eigenvalue weighted by Crippen LogP contribution is 2.29. The molecule has 0 unspecified atom stereocenters. The van der Waals surface area contributed by atoms with Crippen molar-refractivity contribution in [2.24, 2.45) is 5.41 Å². The fourth-order valence-corrected chi connectivity index (χ4v) is 1.78. The Bertz CT molecular complexity index is 385. The third-order valence-electron chi connectivity index (χ3n) is 2.55. The molecule has 0 fully saturated rings. The molecule has 1 aromatic rings.